The van der Waals surface area contributed by atoms with Gasteiger partial charge < -0.3 is 9.84 Å². The van der Waals surface area contributed by atoms with Crippen LogP contribution in [0.15, 0.2) is 18.2 Å². The van der Waals surface area contributed by atoms with Gasteiger partial charge in [-0.3, -0.25) is 0 Å². The zero-order valence-electron chi connectivity index (χ0n) is 7.58. The van der Waals surface area contributed by atoms with Crippen molar-refractivity contribution < 1.29 is 9.84 Å². The lowest BCUT2D eigenvalue weighted by molar-refractivity contribution is 0.419. The molecule has 0 aliphatic heterocycles. The number of fused-ring (bicyclic) bond motifs is 1. The van der Waals surface area contributed by atoms with Crippen LogP contribution in [0.2, 0.25) is 0 Å². The van der Waals surface area contributed by atoms with Crippen molar-refractivity contribution in [2.75, 3.05) is 7.11 Å². The van der Waals surface area contributed by atoms with Crippen LogP contribution in [0.4, 0.5) is 0 Å². The minimum atomic E-state index is 0.362. The molecule has 0 saturated heterocycles. The molecule has 0 saturated carbocycles. The molecule has 4 heteroatoms. The second-order valence-corrected chi connectivity index (χ2v) is 4.44. The van der Waals surface area contributed by atoms with Crippen molar-refractivity contribution in [2.45, 2.75) is 5.33 Å². The predicted molar refractivity (Wildman–Crippen MR) is 62.7 cm³/mol. The van der Waals surface area contributed by atoms with E-state index in [4.69, 9.17) is 4.74 Å². The van der Waals surface area contributed by atoms with E-state index in [1.54, 1.807) is 7.11 Å². The monoisotopic (exact) mass is 272 g/mol. The Morgan fingerprint density at radius 3 is 2.93 bits per heavy atom. The number of rotatable bonds is 2. The van der Waals surface area contributed by atoms with E-state index in [9.17, 15) is 5.11 Å². The quantitative estimate of drug-likeness (QED) is 0.848. The Bertz CT molecular complexity index is 464. The topological polar surface area (TPSA) is 29.5 Å². The van der Waals surface area contributed by atoms with E-state index < -0.39 is 0 Å². The van der Waals surface area contributed by atoms with Gasteiger partial charge in [-0.15, -0.1) is 0 Å². The van der Waals surface area contributed by atoms with E-state index in [-0.39, 0.29) is 0 Å². The molecular formula is C10H9BrO2S. The molecular weight excluding hydrogens is 264 g/mol. The van der Waals surface area contributed by atoms with Crippen molar-refractivity contribution in [1.29, 1.82) is 0 Å². The first-order valence-corrected chi connectivity index (χ1v) is 6.05. The summed E-state index contributed by atoms with van der Waals surface area (Å²) in [5.41, 5.74) is 0.905. The molecule has 0 amide bonds. The fourth-order valence-electron chi connectivity index (χ4n) is 1.46. The third-order valence-electron chi connectivity index (χ3n) is 2.11. The van der Waals surface area contributed by atoms with Crippen LogP contribution >= 0.6 is 27.3 Å². The highest BCUT2D eigenvalue weighted by Gasteiger charge is 2.13. The molecule has 1 aromatic heterocycles. The molecule has 0 bridgehead atoms. The van der Waals surface area contributed by atoms with Crippen LogP contribution in [0, 0.1) is 0 Å². The molecule has 0 spiro atoms. The van der Waals surface area contributed by atoms with Gasteiger partial charge in [0.05, 0.1) is 7.11 Å². The van der Waals surface area contributed by atoms with Gasteiger partial charge in [0.1, 0.15) is 5.75 Å². The summed E-state index contributed by atoms with van der Waals surface area (Å²) in [5.74, 6) is 0.813. The van der Waals surface area contributed by atoms with Gasteiger partial charge in [-0.25, -0.2) is 0 Å². The Balaban J connectivity index is 2.82. The fourth-order valence-corrected chi connectivity index (χ4v) is 3.17. The predicted octanol–water partition coefficient (Wildman–Crippen LogP) is 3.51. The highest BCUT2D eigenvalue weighted by Crippen LogP contribution is 2.42. The number of alkyl halides is 1. The van der Waals surface area contributed by atoms with E-state index in [0.717, 1.165) is 21.4 Å². The molecule has 0 radical (unpaired) electrons. The first-order valence-electron chi connectivity index (χ1n) is 4.11. The maximum atomic E-state index is 9.69. The minimum Gasteiger partial charge on any atom is -0.499 e. The van der Waals surface area contributed by atoms with Gasteiger partial charge in [0.25, 0.3) is 0 Å². The largest absolute Gasteiger partial charge is 0.499 e. The normalized spacial score (nSPS) is 10.7. The lowest BCUT2D eigenvalue weighted by Crippen LogP contribution is -1.84. The number of hydrogen-bond donors (Lipinski definition) is 1. The van der Waals surface area contributed by atoms with Crippen molar-refractivity contribution in [3.05, 3.63) is 23.8 Å². The number of hydrogen-bond acceptors (Lipinski definition) is 3. The summed E-state index contributed by atoms with van der Waals surface area (Å²) in [5, 5.41) is 11.7. The van der Waals surface area contributed by atoms with Gasteiger partial charge in [0.2, 0.25) is 0 Å². The Hall–Kier alpha value is -0.740. The molecule has 14 heavy (non-hydrogen) atoms. The smallest absolute Gasteiger partial charge is 0.176 e. The molecule has 0 atom stereocenters. The van der Waals surface area contributed by atoms with Gasteiger partial charge in [0, 0.05) is 21.0 Å². The summed E-state index contributed by atoms with van der Waals surface area (Å²) in [4.78, 5) is 0. The maximum Gasteiger partial charge on any atom is 0.176 e. The van der Waals surface area contributed by atoms with Crippen LogP contribution in [0.5, 0.6) is 10.8 Å². The maximum absolute atomic E-state index is 9.69. The fraction of sp³-hybridized carbons (Fsp3) is 0.200. The molecule has 1 aromatic carbocycles. The third-order valence-corrected chi connectivity index (χ3v) is 3.67. The first-order chi connectivity index (χ1) is 6.77. The van der Waals surface area contributed by atoms with Crippen molar-refractivity contribution >= 4 is 37.4 Å². The van der Waals surface area contributed by atoms with E-state index in [0.29, 0.717) is 10.4 Å². The first kappa shape index (κ1) is 9.80. The Labute approximate surface area is 94.3 Å². The highest BCUT2D eigenvalue weighted by atomic mass is 79.9. The molecule has 1 N–H and O–H groups in total. The molecule has 0 aliphatic rings. The second kappa shape index (κ2) is 3.79. The van der Waals surface area contributed by atoms with Crippen LogP contribution in [-0.2, 0) is 5.33 Å². The van der Waals surface area contributed by atoms with E-state index in [1.165, 1.54) is 11.3 Å². The van der Waals surface area contributed by atoms with Crippen molar-refractivity contribution in [2.24, 2.45) is 0 Å². The Morgan fingerprint density at radius 1 is 1.50 bits per heavy atom. The summed E-state index contributed by atoms with van der Waals surface area (Å²) < 4.78 is 6.31. The average molecular weight is 273 g/mol. The van der Waals surface area contributed by atoms with Gasteiger partial charge in [-0.05, 0) is 12.1 Å². The number of benzene rings is 1. The van der Waals surface area contributed by atoms with E-state index >= 15 is 0 Å². The van der Waals surface area contributed by atoms with Gasteiger partial charge in [0.15, 0.2) is 5.06 Å². The van der Waals surface area contributed by atoms with Crippen LogP contribution in [0.25, 0.3) is 10.1 Å². The van der Waals surface area contributed by atoms with Crippen LogP contribution in [-0.4, -0.2) is 12.2 Å². The molecule has 2 aromatic rings. The lowest BCUT2D eigenvalue weighted by atomic mass is 10.2. The van der Waals surface area contributed by atoms with Crippen LogP contribution in [0.3, 0.4) is 0 Å². The standard InChI is InChI=1S/C10H9BrO2S/c1-13-7-3-2-4-8-9(7)6(5-11)10(12)14-8/h2-4,12H,5H2,1H3. The van der Waals surface area contributed by atoms with Gasteiger partial charge >= 0.3 is 0 Å². The van der Waals surface area contributed by atoms with Crippen LogP contribution in [0.1, 0.15) is 5.56 Å². The summed E-state index contributed by atoms with van der Waals surface area (Å²) in [6, 6.07) is 5.81. The molecule has 0 aliphatic carbocycles. The molecule has 74 valence electrons. The third kappa shape index (κ3) is 1.38. The Morgan fingerprint density at radius 2 is 2.29 bits per heavy atom. The Kier molecular flexibility index (Phi) is 2.65. The molecule has 0 unspecified atom stereocenters. The second-order valence-electron chi connectivity index (χ2n) is 2.85. The van der Waals surface area contributed by atoms with Crippen LogP contribution < -0.4 is 4.74 Å². The highest BCUT2D eigenvalue weighted by molar-refractivity contribution is 9.08. The number of methoxy groups -OCH3 is 1. The molecule has 0 fully saturated rings. The van der Waals surface area contributed by atoms with Crippen molar-refractivity contribution in [3.8, 4) is 10.8 Å². The average Bonchev–Trinajstić information content (AvgIpc) is 2.52. The van der Waals surface area contributed by atoms with Crippen molar-refractivity contribution in [3.63, 3.8) is 0 Å². The summed E-state index contributed by atoms with van der Waals surface area (Å²) in [6.45, 7) is 0. The summed E-state index contributed by atoms with van der Waals surface area (Å²) in [6.07, 6.45) is 0. The lowest BCUT2D eigenvalue weighted by Gasteiger charge is -2.02. The molecule has 2 rings (SSSR count). The van der Waals surface area contributed by atoms with E-state index in [1.807, 2.05) is 18.2 Å². The minimum absolute atomic E-state index is 0.362. The number of ether oxygens (including phenoxy) is 1. The number of thiophene rings is 1. The molecule has 2 nitrogen and oxygen atoms in total. The number of aromatic hydroxyl groups is 1. The molecule has 1 heterocycles. The number of halogens is 1. The van der Waals surface area contributed by atoms with E-state index in [2.05, 4.69) is 15.9 Å². The summed E-state index contributed by atoms with van der Waals surface area (Å²) in [7, 11) is 1.64. The summed E-state index contributed by atoms with van der Waals surface area (Å²) >= 11 is 4.74. The van der Waals surface area contributed by atoms with Crippen molar-refractivity contribution in [1.82, 2.24) is 0 Å². The SMILES string of the molecule is COc1cccc2sc(O)c(CBr)c12. The zero-order valence-corrected chi connectivity index (χ0v) is 9.98. The van der Waals surface area contributed by atoms with Gasteiger partial charge in [-0.2, -0.15) is 0 Å². The zero-order chi connectivity index (χ0) is 10.1. The van der Waals surface area contributed by atoms with Gasteiger partial charge in [-0.1, -0.05) is 33.3 Å².